The van der Waals surface area contributed by atoms with Crippen molar-refractivity contribution in [3.8, 4) is 0 Å². The Labute approximate surface area is 155 Å². The van der Waals surface area contributed by atoms with Crippen molar-refractivity contribution in [2.75, 3.05) is 23.8 Å². The highest BCUT2D eigenvalue weighted by atomic mass is 16.5. The minimum atomic E-state index is -0.125. The highest BCUT2D eigenvalue weighted by Crippen LogP contribution is 2.28. The first-order valence-electron chi connectivity index (χ1n) is 9.30. The SMILES string of the molecule is CN1CCCc2cc(NC(=O)CCCc3nc(C(C)(C)C)no3)ccc21. The normalized spacial score (nSPS) is 14.2. The number of amides is 1. The number of benzene rings is 1. The molecule has 1 aliphatic rings. The number of anilines is 2. The van der Waals surface area contributed by atoms with Crippen LogP contribution in [0.1, 0.15) is 57.3 Å². The van der Waals surface area contributed by atoms with E-state index in [1.165, 1.54) is 11.3 Å². The molecule has 0 spiro atoms. The van der Waals surface area contributed by atoms with Gasteiger partial charge in [-0.25, -0.2) is 0 Å². The number of nitrogens with one attached hydrogen (secondary N) is 1. The van der Waals surface area contributed by atoms with Crippen LogP contribution in [0, 0.1) is 0 Å². The second-order valence-corrected chi connectivity index (χ2v) is 8.03. The van der Waals surface area contributed by atoms with Gasteiger partial charge >= 0.3 is 0 Å². The third-order valence-corrected chi connectivity index (χ3v) is 4.65. The van der Waals surface area contributed by atoms with E-state index in [0.29, 0.717) is 31.0 Å². The average Bonchev–Trinajstić information content (AvgIpc) is 3.04. The van der Waals surface area contributed by atoms with E-state index in [0.717, 1.165) is 25.1 Å². The van der Waals surface area contributed by atoms with Gasteiger partial charge in [0.15, 0.2) is 5.82 Å². The molecular weight excluding hydrogens is 328 g/mol. The topological polar surface area (TPSA) is 71.3 Å². The molecule has 0 saturated carbocycles. The molecule has 0 atom stereocenters. The van der Waals surface area contributed by atoms with Crippen molar-refractivity contribution >= 4 is 17.3 Å². The molecule has 1 aliphatic heterocycles. The summed E-state index contributed by atoms with van der Waals surface area (Å²) in [6.45, 7) is 7.23. The highest BCUT2D eigenvalue weighted by Gasteiger charge is 2.21. The number of carbonyl (C=O) groups is 1. The molecule has 6 nitrogen and oxygen atoms in total. The van der Waals surface area contributed by atoms with E-state index >= 15 is 0 Å². The molecule has 3 rings (SSSR count). The van der Waals surface area contributed by atoms with Gasteiger partial charge in [0.25, 0.3) is 0 Å². The lowest BCUT2D eigenvalue weighted by Crippen LogP contribution is -2.24. The summed E-state index contributed by atoms with van der Waals surface area (Å²) in [6, 6.07) is 6.17. The number of rotatable bonds is 5. The fourth-order valence-electron chi connectivity index (χ4n) is 3.15. The van der Waals surface area contributed by atoms with Crippen LogP contribution < -0.4 is 10.2 Å². The first-order chi connectivity index (χ1) is 12.3. The molecule has 26 heavy (non-hydrogen) atoms. The zero-order valence-electron chi connectivity index (χ0n) is 16.1. The predicted octanol–water partition coefficient (Wildman–Crippen LogP) is 3.71. The van der Waals surface area contributed by atoms with Crippen LogP contribution in [0.3, 0.4) is 0 Å². The molecule has 0 saturated heterocycles. The smallest absolute Gasteiger partial charge is 0.226 e. The molecule has 0 unspecified atom stereocenters. The maximum atomic E-state index is 12.2. The summed E-state index contributed by atoms with van der Waals surface area (Å²) in [7, 11) is 2.11. The fourth-order valence-corrected chi connectivity index (χ4v) is 3.15. The number of fused-ring (bicyclic) bond motifs is 1. The van der Waals surface area contributed by atoms with Gasteiger partial charge in [-0.2, -0.15) is 4.98 Å². The van der Waals surface area contributed by atoms with Crippen molar-refractivity contribution in [3.63, 3.8) is 0 Å². The van der Waals surface area contributed by atoms with E-state index in [1.807, 2.05) is 26.8 Å². The summed E-state index contributed by atoms with van der Waals surface area (Å²) < 4.78 is 5.27. The van der Waals surface area contributed by atoms with E-state index in [-0.39, 0.29) is 11.3 Å². The van der Waals surface area contributed by atoms with E-state index in [1.54, 1.807) is 0 Å². The lowest BCUT2D eigenvalue weighted by atomic mass is 9.96. The van der Waals surface area contributed by atoms with Crippen LogP contribution in [-0.4, -0.2) is 29.6 Å². The van der Waals surface area contributed by atoms with Crippen LogP contribution >= 0.6 is 0 Å². The molecule has 1 amide bonds. The quantitative estimate of drug-likeness (QED) is 0.884. The van der Waals surface area contributed by atoms with Crippen LogP contribution in [0.15, 0.2) is 22.7 Å². The summed E-state index contributed by atoms with van der Waals surface area (Å²) in [6.07, 6.45) is 3.96. The third-order valence-electron chi connectivity index (χ3n) is 4.65. The van der Waals surface area contributed by atoms with E-state index in [4.69, 9.17) is 4.52 Å². The van der Waals surface area contributed by atoms with Crippen LogP contribution in [0.5, 0.6) is 0 Å². The standard InChI is InChI=1S/C20H28N4O2/c1-20(2,3)19-22-18(26-23-19)9-5-8-17(25)21-15-10-11-16-14(13-15)7-6-12-24(16)4/h10-11,13H,5-9,12H2,1-4H3,(H,21,25). The van der Waals surface area contributed by atoms with Gasteiger partial charge in [-0.15, -0.1) is 0 Å². The van der Waals surface area contributed by atoms with Crippen molar-refractivity contribution in [1.29, 1.82) is 0 Å². The summed E-state index contributed by atoms with van der Waals surface area (Å²) >= 11 is 0. The molecule has 1 aromatic carbocycles. The molecule has 0 fully saturated rings. The Balaban J connectivity index is 1.49. The Bertz CT molecular complexity index is 776. The zero-order chi connectivity index (χ0) is 18.7. The monoisotopic (exact) mass is 356 g/mol. The first kappa shape index (κ1) is 18.4. The average molecular weight is 356 g/mol. The van der Waals surface area contributed by atoms with Crippen molar-refractivity contribution in [2.45, 2.75) is 58.3 Å². The van der Waals surface area contributed by atoms with Gasteiger partial charge in [0.05, 0.1) is 0 Å². The van der Waals surface area contributed by atoms with Gasteiger partial charge in [0, 0.05) is 43.2 Å². The molecule has 0 aliphatic carbocycles. The minimum absolute atomic E-state index is 0.0182. The van der Waals surface area contributed by atoms with Gasteiger partial charge in [-0.3, -0.25) is 4.79 Å². The van der Waals surface area contributed by atoms with E-state index < -0.39 is 0 Å². The summed E-state index contributed by atoms with van der Waals surface area (Å²) in [4.78, 5) is 18.9. The van der Waals surface area contributed by atoms with Crippen LogP contribution in [-0.2, 0) is 23.1 Å². The van der Waals surface area contributed by atoms with Crippen LogP contribution in [0.25, 0.3) is 0 Å². The molecular formula is C20H28N4O2. The van der Waals surface area contributed by atoms with Gasteiger partial charge in [-0.1, -0.05) is 25.9 Å². The van der Waals surface area contributed by atoms with Crippen molar-refractivity contribution in [3.05, 3.63) is 35.5 Å². The highest BCUT2D eigenvalue weighted by molar-refractivity contribution is 5.91. The molecule has 0 radical (unpaired) electrons. The maximum Gasteiger partial charge on any atom is 0.226 e. The Kier molecular flexibility index (Phi) is 5.30. The lowest BCUT2D eigenvalue weighted by Gasteiger charge is -2.27. The summed E-state index contributed by atoms with van der Waals surface area (Å²) in [5, 5.41) is 7.01. The molecule has 0 bridgehead atoms. The Hall–Kier alpha value is -2.37. The molecule has 140 valence electrons. The Morgan fingerprint density at radius 3 is 2.88 bits per heavy atom. The first-order valence-corrected chi connectivity index (χ1v) is 9.30. The molecule has 6 heteroatoms. The second kappa shape index (κ2) is 7.48. The molecule has 2 heterocycles. The third kappa shape index (κ3) is 4.42. The number of carbonyl (C=O) groups excluding carboxylic acids is 1. The van der Waals surface area contributed by atoms with Gasteiger partial charge in [0.1, 0.15) is 0 Å². The number of aromatic nitrogens is 2. The fraction of sp³-hybridized carbons (Fsp3) is 0.550. The number of aryl methyl sites for hydroxylation is 2. The Morgan fingerprint density at radius 2 is 2.15 bits per heavy atom. The largest absolute Gasteiger partial charge is 0.374 e. The number of nitrogens with zero attached hydrogens (tertiary/aromatic N) is 3. The molecule has 1 N–H and O–H groups in total. The van der Waals surface area contributed by atoms with Gasteiger partial charge < -0.3 is 14.7 Å². The molecule has 2 aromatic rings. The Morgan fingerprint density at radius 1 is 1.35 bits per heavy atom. The van der Waals surface area contributed by atoms with Gasteiger partial charge in [0.2, 0.25) is 11.8 Å². The summed E-state index contributed by atoms with van der Waals surface area (Å²) in [5.74, 6) is 1.32. The number of hydrogen-bond acceptors (Lipinski definition) is 5. The van der Waals surface area contributed by atoms with E-state index in [9.17, 15) is 4.79 Å². The van der Waals surface area contributed by atoms with Crippen molar-refractivity contribution in [2.24, 2.45) is 0 Å². The summed E-state index contributed by atoms with van der Waals surface area (Å²) in [5.41, 5.74) is 3.31. The maximum absolute atomic E-state index is 12.2. The van der Waals surface area contributed by atoms with Crippen LogP contribution in [0.4, 0.5) is 11.4 Å². The van der Waals surface area contributed by atoms with E-state index in [2.05, 4.69) is 39.5 Å². The van der Waals surface area contributed by atoms with Gasteiger partial charge in [-0.05, 0) is 43.0 Å². The van der Waals surface area contributed by atoms with Crippen molar-refractivity contribution < 1.29 is 9.32 Å². The predicted molar refractivity (Wildman–Crippen MR) is 103 cm³/mol. The second-order valence-electron chi connectivity index (χ2n) is 8.03. The molecule has 1 aromatic heterocycles. The van der Waals surface area contributed by atoms with Crippen molar-refractivity contribution in [1.82, 2.24) is 10.1 Å². The number of hydrogen-bond donors (Lipinski definition) is 1. The zero-order valence-corrected chi connectivity index (χ0v) is 16.1. The minimum Gasteiger partial charge on any atom is -0.374 e. The lowest BCUT2D eigenvalue weighted by molar-refractivity contribution is -0.116. The van der Waals surface area contributed by atoms with Crippen LogP contribution in [0.2, 0.25) is 0 Å².